The topological polar surface area (TPSA) is 44.8 Å². The van der Waals surface area contributed by atoms with Crippen molar-refractivity contribution in [2.24, 2.45) is 0 Å². The Kier molecular flexibility index (Phi) is 6.07. The van der Waals surface area contributed by atoms with Gasteiger partial charge in [0.25, 0.3) is 0 Å². The van der Waals surface area contributed by atoms with Crippen LogP contribution in [0.2, 0.25) is 0 Å². The summed E-state index contributed by atoms with van der Waals surface area (Å²) >= 11 is 0. The number of anilines is 1. The third kappa shape index (κ3) is 4.51. The van der Waals surface area contributed by atoms with Gasteiger partial charge in [-0.1, -0.05) is 25.5 Å². The zero-order chi connectivity index (χ0) is 18.5. The zero-order valence-corrected chi connectivity index (χ0v) is 16.1. The molecule has 2 amide bonds. The number of aryl methyl sites for hydroxylation is 1. The van der Waals surface area contributed by atoms with Gasteiger partial charge in [-0.25, -0.2) is 4.79 Å². The van der Waals surface area contributed by atoms with Gasteiger partial charge in [0.15, 0.2) is 0 Å². The Bertz CT molecular complexity index is 645. The average molecular weight is 357 g/mol. The minimum absolute atomic E-state index is 0.109. The van der Waals surface area contributed by atoms with Crippen molar-refractivity contribution in [2.75, 3.05) is 38.2 Å². The first-order valence-corrected chi connectivity index (χ1v) is 9.68. The maximum atomic E-state index is 12.4. The summed E-state index contributed by atoms with van der Waals surface area (Å²) in [5, 5.41) is 3.19. The van der Waals surface area contributed by atoms with Crippen molar-refractivity contribution >= 4 is 11.7 Å². The van der Waals surface area contributed by atoms with Crippen molar-refractivity contribution in [3.05, 3.63) is 41.7 Å². The number of nitrogens with zero attached hydrogens (tertiary/aromatic N) is 2. The molecule has 0 unspecified atom stereocenters. The average Bonchev–Trinajstić information content (AvgIpc) is 3.16. The third-order valence-electron chi connectivity index (χ3n) is 5.62. The van der Waals surface area contributed by atoms with Gasteiger partial charge in [-0.15, -0.1) is 0 Å². The predicted molar refractivity (Wildman–Crippen MR) is 106 cm³/mol. The van der Waals surface area contributed by atoms with Crippen molar-refractivity contribution in [2.45, 2.75) is 45.1 Å². The molecule has 1 aromatic rings. The summed E-state index contributed by atoms with van der Waals surface area (Å²) in [4.78, 5) is 16.7. The number of hydrogen-bond acceptors (Lipinski definition) is 3. The van der Waals surface area contributed by atoms with Crippen LogP contribution in [0.25, 0.3) is 0 Å². The molecule has 0 spiro atoms. The van der Waals surface area contributed by atoms with Crippen LogP contribution in [0.1, 0.15) is 36.8 Å². The fraction of sp³-hybridized carbons (Fsp3) is 0.571. The first-order valence-electron chi connectivity index (χ1n) is 9.68. The molecule has 2 fully saturated rings. The molecule has 3 rings (SSSR count). The molecular weight excluding hydrogens is 326 g/mol. The smallest absolute Gasteiger partial charge is 0.317 e. The first-order chi connectivity index (χ1) is 12.6. The summed E-state index contributed by atoms with van der Waals surface area (Å²) in [5.74, 6) is 0.777. The summed E-state index contributed by atoms with van der Waals surface area (Å²) in [5.41, 5.74) is 3.71. The Balaban J connectivity index is 1.56. The Labute approximate surface area is 157 Å². The Morgan fingerprint density at radius 1 is 1.23 bits per heavy atom. The van der Waals surface area contributed by atoms with Gasteiger partial charge in [-0.05, 0) is 43.0 Å². The molecule has 1 saturated heterocycles. The second-order valence-electron chi connectivity index (χ2n) is 7.44. The van der Waals surface area contributed by atoms with E-state index in [2.05, 4.69) is 41.9 Å². The number of allylic oxidation sites excluding steroid dienone is 1. The maximum absolute atomic E-state index is 12.4. The first kappa shape index (κ1) is 18.6. The van der Waals surface area contributed by atoms with E-state index in [0.29, 0.717) is 6.04 Å². The van der Waals surface area contributed by atoms with E-state index >= 15 is 0 Å². The molecule has 5 nitrogen and oxygen atoms in total. The lowest BCUT2D eigenvalue weighted by molar-refractivity contribution is 0.190. The van der Waals surface area contributed by atoms with Crippen molar-refractivity contribution in [1.82, 2.24) is 10.2 Å². The number of methoxy groups -OCH3 is 1. The van der Waals surface area contributed by atoms with Crippen molar-refractivity contribution in [1.29, 1.82) is 0 Å². The van der Waals surface area contributed by atoms with Gasteiger partial charge in [0.1, 0.15) is 0 Å². The van der Waals surface area contributed by atoms with Crippen LogP contribution in [-0.4, -0.2) is 50.3 Å². The molecule has 1 saturated carbocycles. The van der Waals surface area contributed by atoms with Gasteiger partial charge in [0.2, 0.25) is 0 Å². The highest BCUT2D eigenvalue weighted by Crippen LogP contribution is 2.23. The number of piperazine rings is 1. The van der Waals surface area contributed by atoms with Crippen LogP contribution in [0, 0.1) is 6.92 Å². The van der Waals surface area contributed by atoms with Crippen LogP contribution in [0.15, 0.2) is 30.5 Å². The molecule has 1 heterocycles. The molecule has 1 aromatic carbocycles. The van der Waals surface area contributed by atoms with Crippen molar-refractivity contribution in [3.63, 3.8) is 0 Å². The number of hydrogen-bond donors (Lipinski definition) is 1. The third-order valence-corrected chi connectivity index (χ3v) is 5.62. The number of ether oxygens (including phenoxy) is 1. The number of amides is 2. The molecule has 5 heteroatoms. The molecule has 0 bridgehead atoms. The Hall–Kier alpha value is -2.17. The lowest BCUT2D eigenvalue weighted by atomic mass is 10.0. The number of benzene rings is 1. The lowest BCUT2D eigenvalue weighted by Crippen LogP contribution is -2.53. The molecule has 142 valence electrons. The van der Waals surface area contributed by atoms with E-state index in [1.54, 1.807) is 7.11 Å². The molecule has 26 heavy (non-hydrogen) atoms. The van der Waals surface area contributed by atoms with Gasteiger partial charge in [0.05, 0.1) is 12.9 Å². The van der Waals surface area contributed by atoms with Crippen LogP contribution in [0.4, 0.5) is 10.5 Å². The quantitative estimate of drug-likeness (QED) is 0.821. The minimum Gasteiger partial charge on any atom is -0.501 e. The van der Waals surface area contributed by atoms with E-state index in [0.717, 1.165) is 51.2 Å². The lowest BCUT2D eigenvalue weighted by Gasteiger charge is -2.36. The molecular formula is C21H31N3O2. The Morgan fingerprint density at radius 3 is 2.58 bits per heavy atom. The largest absolute Gasteiger partial charge is 0.501 e. The van der Waals surface area contributed by atoms with Crippen molar-refractivity contribution < 1.29 is 9.53 Å². The molecule has 0 aromatic heterocycles. The van der Waals surface area contributed by atoms with E-state index in [1.165, 1.54) is 29.7 Å². The number of carbonyl (C=O) groups excluding carboxylic acids is 1. The zero-order valence-electron chi connectivity index (χ0n) is 16.1. The van der Waals surface area contributed by atoms with E-state index < -0.39 is 0 Å². The van der Waals surface area contributed by atoms with Crippen LogP contribution >= 0.6 is 0 Å². The molecule has 2 aliphatic rings. The maximum Gasteiger partial charge on any atom is 0.317 e. The summed E-state index contributed by atoms with van der Waals surface area (Å²) in [6, 6.07) is 7.05. The van der Waals surface area contributed by atoms with E-state index in [9.17, 15) is 4.79 Å². The van der Waals surface area contributed by atoms with Crippen LogP contribution in [0.5, 0.6) is 0 Å². The van der Waals surface area contributed by atoms with E-state index in [4.69, 9.17) is 4.74 Å². The highest BCUT2D eigenvalue weighted by atomic mass is 16.5. The van der Waals surface area contributed by atoms with Crippen LogP contribution in [0.3, 0.4) is 0 Å². The highest BCUT2D eigenvalue weighted by Gasteiger charge is 2.24. The number of urea groups is 1. The number of rotatable bonds is 5. The van der Waals surface area contributed by atoms with Gasteiger partial charge >= 0.3 is 6.03 Å². The Morgan fingerprint density at radius 2 is 1.92 bits per heavy atom. The fourth-order valence-electron chi connectivity index (χ4n) is 3.83. The van der Waals surface area contributed by atoms with E-state index in [1.807, 2.05) is 4.90 Å². The highest BCUT2D eigenvalue weighted by molar-refractivity contribution is 5.75. The summed E-state index contributed by atoms with van der Waals surface area (Å²) in [6.07, 6.45) is 5.48. The van der Waals surface area contributed by atoms with Gasteiger partial charge in [-0.2, -0.15) is 0 Å². The molecule has 1 aliphatic heterocycles. The molecule has 0 atom stereocenters. The summed E-state index contributed by atoms with van der Waals surface area (Å²) < 4.78 is 5.23. The SMILES string of the molecule is C=C(Cc1cc(N2CCN(C(=O)NC3CCCC3)CC2)ccc1C)OC. The van der Waals surface area contributed by atoms with Crippen LogP contribution in [-0.2, 0) is 11.2 Å². The molecule has 1 aliphatic carbocycles. The van der Waals surface area contributed by atoms with Crippen LogP contribution < -0.4 is 10.2 Å². The summed E-state index contributed by atoms with van der Waals surface area (Å²) in [6.45, 7) is 9.33. The molecule has 1 N–H and O–H groups in total. The second-order valence-corrected chi connectivity index (χ2v) is 7.44. The summed E-state index contributed by atoms with van der Waals surface area (Å²) in [7, 11) is 1.66. The predicted octanol–water partition coefficient (Wildman–Crippen LogP) is 3.47. The van der Waals surface area contributed by atoms with Gasteiger partial charge in [0, 0.05) is 44.3 Å². The van der Waals surface area contributed by atoms with Gasteiger partial charge < -0.3 is 19.9 Å². The minimum atomic E-state index is 0.109. The number of nitrogens with one attached hydrogen (secondary N) is 1. The monoisotopic (exact) mass is 357 g/mol. The normalized spacial score (nSPS) is 18.1. The number of carbonyl (C=O) groups is 1. The van der Waals surface area contributed by atoms with Gasteiger partial charge in [-0.3, -0.25) is 0 Å². The van der Waals surface area contributed by atoms with Crippen molar-refractivity contribution in [3.8, 4) is 0 Å². The second kappa shape index (κ2) is 8.47. The van der Waals surface area contributed by atoms with E-state index in [-0.39, 0.29) is 6.03 Å². The molecule has 0 radical (unpaired) electrons. The standard InChI is InChI=1S/C21H31N3O2/c1-16-8-9-20(15-18(16)14-17(2)26-3)23-10-12-24(13-11-23)21(25)22-19-6-4-5-7-19/h8-9,15,19H,2,4-7,10-14H2,1,3H3,(H,22,25). The fourth-order valence-corrected chi connectivity index (χ4v) is 3.83.